The maximum absolute atomic E-state index is 5.70. The van der Waals surface area contributed by atoms with Gasteiger partial charge in [-0.05, 0) is 30.4 Å². The molecule has 2 nitrogen and oxygen atoms in total. The van der Waals surface area contributed by atoms with Crippen LogP contribution in [-0.2, 0) is 0 Å². The van der Waals surface area contributed by atoms with Gasteiger partial charge >= 0.3 is 0 Å². The molecule has 0 fully saturated rings. The summed E-state index contributed by atoms with van der Waals surface area (Å²) in [6, 6.07) is 7.76. The number of methoxy groups -OCH3 is 1. The number of benzene rings is 1. The van der Waals surface area contributed by atoms with Crippen LogP contribution in [0, 0.1) is 5.41 Å². The lowest BCUT2D eigenvalue weighted by Crippen LogP contribution is -2.08. The first-order valence-electron chi connectivity index (χ1n) is 5.79. The average molecular weight is 222 g/mol. The van der Waals surface area contributed by atoms with Crippen LogP contribution >= 0.6 is 0 Å². The van der Waals surface area contributed by atoms with Gasteiger partial charge in [-0.2, -0.15) is 0 Å². The lowest BCUT2D eigenvalue weighted by Gasteiger charge is -2.18. The molecule has 0 heterocycles. The fourth-order valence-corrected chi connectivity index (χ4v) is 1.52. The number of hydrogen-bond donors (Lipinski definition) is 0. The van der Waals surface area contributed by atoms with Crippen molar-refractivity contribution in [2.75, 3.05) is 13.7 Å². The Labute approximate surface area is 98.6 Å². The summed E-state index contributed by atoms with van der Waals surface area (Å²) in [7, 11) is 1.66. The molecule has 0 N–H and O–H groups in total. The summed E-state index contributed by atoms with van der Waals surface area (Å²) in [4.78, 5) is 0. The summed E-state index contributed by atoms with van der Waals surface area (Å²) in [6.07, 6.45) is 2.24. The highest BCUT2D eigenvalue weighted by molar-refractivity contribution is 5.39. The van der Waals surface area contributed by atoms with Gasteiger partial charge in [-0.25, -0.2) is 0 Å². The first kappa shape index (κ1) is 12.9. The van der Waals surface area contributed by atoms with E-state index in [2.05, 4.69) is 20.8 Å². The summed E-state index contributed by atoms with van der Waals surface area (Å²) in [6.45, 7) is 7.49. The lowest BCUT2D eigenvalue weighted by atomic mass is 9.91. The molecule has 1 aromatic carbocycles. The molecule has 0 spiro atoms. The first-order valence-corrected chi connectivity index (χ1v) is 5.79. The van der Waals surface area contributed by atoms with Gasteiger partial charge in [0.15, 0.2) is 11.5 Å². The van der Waals surface area contributed by atoms with Crippen LogP contribution in [0.15, 0.2) is 24.3 Å². The summed E-state index contributed by atoms with van der Waals surface area (Å²) < 4.78 is 10.9. The van der Waals surface area contributed by atoms with Crippen molar-refractivity contribution in [2.24, 2.45) is 5.41 Å². The van der Waals surface area contributed by atoms with Crippen molar-refractivity contribution in [1.29, 1.82) is 0 Å². The molecule has 0 aliphatic rings. The van der Waals surface area contributed by atoms with E-state index in [1.54, 1.807) is 7.11 Å². The van der Waals surface area contributed by atoms with E-state index in [4.69, 9.17) is 9.47 Å². The normalized spacial score (nSPS) is 11.2. The summed E-state index contributed by atoms with van der Waals surface area (Å²) in [5.41, 5.74) is 0.379. The van der Waals surface area contributed by atoms with Crippen molar-refractivity contribution < 1.29 is 9.47 Å². The standard InChI is InChI=1S/C14H22O2/c1-14(2,3)10-7-11-16-13-9-6-5-8-12(13)15-4/h5-6,8-9H,7,10-11H2,1-4H3. The van der Waals surface area contributed by atoms with Crippen LogP contribution in [0.5, 0.6) is 11.5 Å². The third kappa shape index (κ3) is 4.56. The van der Waals surface area contributed by atoms with Crippen molar-refractivity contribution in [3.05, 3.63) is 24.3 Å². The predicted octanol–water partition coefficient (Wildman–Crippen LogP) is 3.90. The summed E-state index contributed by atoms with van der Waals surface area (Å²) in [5.74, 6) is 1.64. The van der Waals surface area contributed by atoms with E-state index in [1.807, 2.05) is 24.3 Å². The van der Waals surface area contributed by atoms with Crippen LogP contribution in [0.3, 0.4) is 0 Å². The third-order valence-corrected chi connectivity index (χ3v) is 2.40. The van der Waals surface area contributed by atoms with Crippen molar-refractivity contribution in [3.63, 3.8) is 0 Å². The highest BCUT2D eigenvalue weighted by Gasteiger charge is 2.09. The van der Waals surface area contributed by atoms with E-state index in [0.717, 1.165) is 24.5 Å². The minimum Gasteiger partial charge on any atom is -0.493 e. The van der Waals surface area contributed by atoms with E-state index in [1.165, 1.54) is 6.42 Å². The molecule has 90 valence electrons. The Morgan fingerprint density at radius 1 is 1.06 bits per heavy atom. The van der Waals surface area contributed by atoms with Gasteiger partial charge in [0.1, 0.15) is 0 Å². The molecule has 0 saturated carbocycles. The van der Waals surface area contributed by atoms with Crippen molar-refractivity contribution >= 4 is 0 Å². The topological polar surface area (TPSA) is 18.5 Å². The molecule has 0 aliphatic heterocycles. The zero-order valence-electron chi connectivity index (χ0n) is 10.7. The molecule has 0 radical (unpaired) electrons. The van der Waals surface area contributed by atoms with E-state index < -0.39 is 0 Å². The quantitative estimate of drug-likeness (QED) is 0.703. The Morgan fingerprint density at radius 3 is 2.25 bits per heavy atom. The summed E-state index contributed by atoms with van der Waals surface area (Å²) in [5, 5.41) is 0. The monoisotopic (exact) mass is 222 g/mol. The number of hydrogen-bond acceptors (Lipinski definition) is 2. The maximum Gasteiger partial charge on any atom is 0.161 e. The van der Waals surface area contributed by atoms with Crippen LogP contribution < -0.4 is 9.47 Å². The van der Waals surface area contributed by atoms with Crippen LogP contribution in [0.4, 0.5) is 0 Å². The second-order valence-corrected chi connectivity index (χ2v) is 5.16. The van der Waals surface area contributed by atoms with Gasteiger partial charge in [0.05, 0.1) is 13.7 Å². The van der Waals surface area contributed by atoms with Crippen LogP contribution in [0.2, 0.25) is 0 Å². The molecule has 0 aliphatic carbocycles. The van der Waals surface area contributed by atoms with Crippen molar-refractivity contribution in [3.8, 4) is 11.5 Å². The average Bonchev–Trinajstić information content (AvgIpc) is 2.23. The van der Waals surface area contributed by atoms with Crippen molar-refractivity contribution in [1.82, 2.24) is 0 Å². The highest BCUT2D eigenvalue weighted by atomic mass is 16.5. The number of ether oxygens (including phenoxy) is 2. The molecule has 0 atom stereocenters. The molecule has 0 aromatic heterocycles. The van der Waals surface area contributed by atoms with Crippen LogP contribution in [0.1, 0.15) is 33.6 Å². The molecular weight excluding hydrogens is 200 g/mol. The zero-order valence-corrected chi connectivity index (χ0v) is 10.7. The van der Waals surface area contributed by atoms with Crippen LogP contribution in [-0.4, -0.2) is 13.7 Å². The molecule has 1 aromatic rings. The summed E-state index contributed by atoms with van der Waals surface area (Å²) >= 11 is 0. The van der Waals surface area contributed by atoms with Gasteiger partial charge < -0.3 is 9.47 Å². The Bertz CT molecular complexity index is 313. The molecule has 0 bridgehead atoms. The Morgan fingerprint density at radius 2 is 1.69 bits per heavy atom. The van der Waals surface area contributed by atoms with Gasteiger partial charge in [0.25, 0.3) is 0 Å². The second-order valence-electron chi connectivity index (χ2n) is 5.16. The van der Waals surface area contributed by atoms with Gasteiger partial charge in [-0.3, -0.25) is 0 Å². The highest BCUT2D eigenvalue weighted by Crippen LogP contribution is 2.26. The fraction of sp³-hybridized carbons (Fsp3) is 0.571. The SMILES string of the molecule is COc1ccccc1OCCCC(C)(C)C. The van der Waals surface area contributed by atoms with E-state index in [9.17, 15) is 0 Å². The minimum absolute atomic E-state index is 0.379. The first-order chi connectivity index (χ1) is 7.53. The van der Waals surface area contributed by atoms with E-state index >= 15 is 0 Å². The molecular formula is C14H22O2. The molecule has 16 heavy (non-hydrogen) atoms. The fourth-order valence-electron chi connectivity index (χ4n) is 1.52. The van der Waals surface area contributed by atoms with Gasteiger partial charge in [-0.1, -0.05) is 32.9 Å². The van der Waals surface area contributed by atoms with Crippen molar-refractivity contribution in [2.45, 2.75) is 33.6 Å². The molecule has 0 amide bonds. The number of rotatable bonds is 5. The maximum atomic E-state index is 5.70. The molecule has 0 unspecified atom stereocenters. The lowest BCUT2D eigenvalue weighted by molar-refractivity contribution is 0.258. The smallest absolute Gasteiger partial charge is 0.161 e. The zero-order chi connectivity index (χ0) is 12.0. The molecule has 1 rings (SSSR count). The Kier molecular flexibility index (Phi) is 4.66. The third-order valence-electron chi connectivity index (χ3n) is 2.40. The minimum atomic E-state index is 0.379. The van der Waals surface area contributed by atoms with Gasteiger partial charge in [0.2, 0.25) is 0 Å². The van der Waals surface area contributed by atoms with Gasteiger partial charge in [0, 0.05) is 0 Å². The predicted molar refractivity (Wildman–Crippen MR) is 67.2 cm³/mol. The van der Waals surface area contributed by atoms with E-state index in [0.29, 0.717) is 5.41 Å². The largest absolute Gasteiger partial charge is 0.493 e. The van der Waals surface area contributed by atoms with Crippen LogP contribution in [0.25, 0.3) is 0 Å². The molecule has 2 heteroatoms. The van der Waals surface area contributed by atoms with Gasteiger partial charge in [-0.15, -0.1) is 0 Å². The second kappa shape index (κ2) is 5.78. The van der Waals surface area contributed by atoms with E-state index in [-0.39, 0.29) is 0 Å². The number of para-hydroxylation sites is 2. The molecule has 0 saturated heterocycles. The Balaban J connectivity index is 2.37. The Hall–Kier alpha value is -1.18.